The maximum Gasteiger partial charge on any atom is 0.496 e. The maximum absolute atomic E-state index is 14.1. The van der Waals surface area contributed by atoms with E-state index < -0.39 is 90.3 Å². The van der Waals surface area contributed by atoms with Crippen LogP contribution in [0.15, 0.2) is 36.7 Å². The summed E-state index contributed by atoms with van der Waals surface area (Å²) in [5.41, 5.74) is -1.90. The molecule has 1 aliphatic rings. The van der Waals surface area contributed by atoms with Gasteiger partial charge in [0.15, 0.2) is 40.3 Å². The number of hydrogen-bond donors (Lipinski definition) is 0. The van der Waals surface area contributed by atoms with Crippen LogP contribution in [0.5, 0.6) is 11.8 Å². The van der Waals surface area contributed by atoms with E-state index in [4.69, 9.17) is 44.1 Å². The minimum atomic E-state index is -4.87. The van der Waals surface area contributed by atoms with Gasteiger partial charge in [0.1, 0.15) is 5.69 Å². The fraction of sp³-hybridized carbons (Fsp3) is 0.444. The maximum atomic E-state index is 14.1. The number of aromatic nitrogens is 10. The molecule has 1 saturated heterocycles. The molecule has 1 fully saturated rings. The topological polar surface area (TPSA) is 149 Å². The molecule has 0 N–H and O–H groups in total. The molecular formula is C36H34BCl3F14N10O4. The molecule has 1 aliphatic heterocycles. The van der Waals surface area contributed by atoms with E-state index >= 15 is 0 Å². The Kier molecular flexibility index (Phi) is 17.2. The molecule has 2 atom stereocenters. The lowest BCUT2D eigenvalue weighted by atomic mass is 9.80. The van der Waals surface area contributed by atoms with Crippen LogP contribution in [0.25, 0.3) is 22.6 Å². The Bertz CT molecular complexity index is 2700. The van der Waals surface area contributed by atoms with Crippen molar-refractivity contribution in [2.45, 2.75) is 105 Å². The molecule has 0 aliphatic carbocycles. The summed E-state index contributed by atoms with van der Waals surface area (Å²) in [4.78, 5) is 7.04. The number of ether oxygens (including phenoxy) is 2. The first-order valence-corrected chi connectivity index (χ1v) is 19.0. The van der Waals surface area contributed by atoms with Crippen molar-refractivity contribution in [3.63, 3.8) is 0 Å². The van der Waals surface area contributed by atoms with E-state index in [2.05, 4.69) is 50.0 Å². The van der Waals surface area contributed by atoms with Crippen molar-refractivity contribution in [3.8, 4) is 23.0 Å². The second-order valence-corrected chi connectivity index (χ2v) is 15.6. The molecule has 0 bridgehead atoms. The lowest BCUT2D eigenvalue weighted by Crippen LogP contribution is -2.41. The highest BCUT2D eigenvalue weighted by molar-refractivity contribution is 6.62. The molecule has 0 unspecified atom stereocenters. The third kappa shape index (κ3) is 12.9. The Hall–Kier alpha value is -5.13. The van der Waals surface area contributed by atoms with E-state index in [1.54, 1.807) is 0 Å². The molecule has 0 amide bonds. The number of rotatable bonds is 6. The van der Waals surface area contributed by atoms with Gasteiger partial charge in [-0.1, -0.05) is 49.7 Å². The zero-order chi connectivity index (χ0) is 49.7. The van der Waals surface area contributed by atoms with Crippen LogP contribution in [0.1, 0.15) is 68.0 Å². The highest BCUT2D eigenvalue weighted by Gasteiger charge is 2.52. The minimum absolute atomic E-state index is 0. The van der Waals surface area contributed by atoms with Gasteiger partial charge in [-0.3, -0.25) is 0 Å². The Balaban J connectivity index is 0.000000277. The molecule has 0 saturated carbocycles. The summed E-state index contributed by atoms with van der Waals surface area (Å²) in [7, 11) is -0.851. The highest BCUT2D eigenvalue weighted by atomic mass is 35.5. The van der Waals surface area contributed by atoms with Crippen LogP contribution in [0.3, 0.4) is 0 Å². The van der Waals surface area contributed by atoms with Crippen LogP contribution in [0.2, 0.25) is 15.2 Å². The van der Waals surface area contributed by atoms with Gasteiger partial charge in [0.05, 0.1) is 21.2 Å². The van der Waals surface area contributed by atoms with Crippen LogP contribution < -0.4 is 14.9 Å². The van der Waals surface area contributed by atoms with Crippen molar-refractivity contribution in [2.24, 2.45) is 0 Å². The third-order valence-corrected chi connectivity index (χ3v) is 10.0. The van der Waals surface area contributed by atoms with E-state index in [1.807, 2.05) is 27.7 Å². The first kappa shape index (κ1) is 57.2. The molecule has 6 aromatic heterocycles. The first-order chi connectivity index (χ1) is 30.1. The molecule has 68 heavy (non-hydrogen) atoms. The van der Waals surface area contributed by atoms with Gasteiger partial charge in [-0.25, -0.2) is 18.7 Å². The summed E-state index contributed by atoms with van der Waals surface area (Å²) in [6.07, 6.45) is -21.3. The minimum Gasteiger partial charge on any atom is -0.463 e. The molecular weight excluding hydrogens is 1020 g/mol. The Morgan fingerprint density at radius 2 is 1.01 bits per heavy atom. The molecule has 0 radical (unpaired) electrons. The predicted molar refractivity (Wildman–Crippen MR) is 215 cm³/mol. The second kappa shape index (κ2) is 20.5. The predicted octanol–water partition coefficient (Wildman–Crippen LogP) is 10.9. The molecule has 0 spiro atoms. The van der Waals surface area contributed by atoms with Crippen molar-refractivity contribution < 1.29 is 80.2 Å². The molecule has 32 heteroatoms. The quantitative estimate of drug-likeness (QED) is 0.115. The molecule has 7 heterocycles. The van der Waals surface area contributed by atoms with Crippen molar-refractivity contribution in [3.05, 3.63) is 75.1 Å². The second-order valence-electron chi connectivity index (χ2n) is 14.5. The normalized spacial score (nSPS) is 15.6. The largest absolute Gasteiger partial charge is 0.496 e. The summed E-state index contributed by atoms with van der Waals surface area (Å²) in [6.45, 7) is 8.77. The number of fused-ring (bicyclic) bond motifs is 2. The lowest BCUT2D eigenvalue weighted by Gasteiger charge is -2.32. The first-order valence-electron chi connectivity index (χ1n) is 17.9. The smallest absolute Gasteiger partial charge is 0.463 e. The van der Waals surface area contributed by atoms with Crippen LogP contribution >= 0.6 is 34.8 Å². The number of nitrogens with zero attached hydrogens (tertiary/aromatic N) is 10. The summed E-state index contributed by atoms with van der Waals surface area (Å²) in [5.74, 6) is -6.62. The number of pyridine rings is 2. The lowest BCUT2D eigenvalue weighted by molar-refractivity contribution is -0.190. The average Bonchev–Trinajstić information content (AvgIpc) is 3.85. The van der Waals surface area contributed by atoms with Gasteiger partial charge in [0.2, 0.25) is 0 Å². The van der Waals surface area contributed by atoms with Crippen LogP contribution in [-0.4, -0.2) is 92.5 Å². The zero-order valence-corrected chi connectivity index (χ0v) is 36.0. The van der Waals surface area contributed by atoms with E-state index in [9.17, 15) is 61.5 Å². The van der Waals surface area contributed by atoms with E-state index in [0.29, 0.717) is 22.0 Å². The molecule has 14 nitrogen and oxygen atoms in total. The average molecular weight is 1050 g/mol. The highest BCUT2D eigenvalue weighted by Crippen LogP contribution is 2.37. The van der Waals surface area contributed by atoms with Crippen molar-refractivity contribution in [1.29, 1.82) is 0 Å². The summed E-state index contributed by atoms with van der Waals surface area (Å²) in [6, 6.07) is 3.86. The van der Waals surface area contributed by atoms with Gasteiger partial charge in [-0.2, -0.15) is 71.9 Å². The Morgan fingerprint density at radius 1 is 0.603 bits per heavy atom. The molecule has 0 aromatic carbocycles. The fourth-order valence-corrected chi connectivity index (χ4v) is 5.40. The monoisotopic (exact) mass is 1050 g/mol. The molecule has 6 aromatic rings. The van der Waals surface area contributed by atoms with Crippen LogP contribution in [0.4, 0.5) is 61.5 Å². The van der Waals surface area contributed by atoms with Gasteiger partial charge < -0.3 is 18.8 Å². The summed E-state index contributed by atoms with van der Waals surface area (Å²) >= 11 is 17.0. The van der Waals surface area contributed by atoms with Crippen molar-refractivity contribution in [2.75, 3.05) is 0 Å². The Morgan fingerprint density at radius 3 is 1.43 bits per heavy atom. The zero-order valence-electron chi connectivity index (χ0n) is 33.7. The Labute approximate surface area is 390 Å². The van der Waals surface area contributed by atoms with E-state index in [1.165, 1.54) is 6.20 Å². The van der Waals surface area contributed by atoms with Gasteiger partial charge in [0.25, 0.3) is 23.4 Å². The van der Waals surface area contributed by atoms with Gasteiger partial charge in [-0.05, 0) is 53.7 Å². The van der Waals surface area contributed by atoms with Gasteiger partial charge in [0, 0.05) is 35.6 Å². The third-order valence-electron chi connectivity index (χ3n) is 9.09. The van der Waals surface area contributed by atoms with Gasteiger partial charge in [-0.15, -0.1) is 20.4 Å². The number of hydrogen-bond acceptors (Lipinski definition) is 12. The van der Waals surface area contributed by atoms with Gasteiger partial charge >= 0.3 is 31.8 Å². The summed E-state index contributed by atoms with van der Waals surface area (Å²) in [5, 5.41) is 19.1. The van der Waals surface area contributed by atoms with E-state index in [-0.39, 0.29) is 58.1 Å². The number of halogens is 17. The standard InChI is InChI=1S/C14H18BF4NO3.C14H7ClF7N5O.C6HCl2F3N4.2CH4/c1-8(14(17,18)19)21-11-10(16)6-9(7-20-11)15-22-12(2,3)13(4,5)23-15;1-5(13(17,18)19)28-11-8(16)2-6(4-23-11)10-7(15)3-9-24-25-12(14(20,21)22)27(9)26-10;7-2-1-3-12-13-5(6(9,10)11)15(3)14-4(2)8;;/h6-8H,1-5H3;2-5H,1H3;1H;2*1H4/t8-;5-;;;/m11.../s1. The SMILES string of the molecule is C.C.C[C@@H](Oc1ncc(-c2nn3c(C(F)(F)F)nnc3cc2Cl)cc1F)C(F)(F)F.C[C@@H](Oc1ncc(B2OC(C)(C)C(C)(C)O2)cc1F)C(F)(F)F.FC(F)(F)c1nnc2cc(Cl)c(Cl)nn12. The van der Waals surface area contributed by atoms with Crippen molar-refractivity contribution >= 4 is 58.7 Å². The molecule has 374 valence electrons. The van der Waals surface area contributed by atoms with Crippen molar-refractivity contribution in [1.82, 2.24) is 49.6 Å². The van der Waals surface area contributed by atoms with Crippen LogP contribution in [-0.2, 0) is 21.7 Å². The van der Waals surface area contributed by atoms with Crippen LogP contribution in [0, 0.1) is 11.6 Å². The number of alkyl halides is 12. The molecule has 7 rings (SSSR count). The summed E-state index contributed by atoms with van der Waals surface area (Å²) < 4.78 is 200. The van der Waals surface area contributed by atoms with E-state index in [0.717, 1.165) is 31.3 Å². The fourth-order valence-electron chi connectivity index (χ4n) is 4.89.